The SMILES string of the molecule is Nc1ccc(-c2nc(N3CCOCC3)c3cnn(CCCCCCC(=O)NO)c3n2)cn1. The van der Waals surface area contributed by atoms with Crippen LogP contribution in [0.3, 0.4) is 0 Å². The van der Waals surface area contributed by atoms with Crippen molar-refractivity contribution in [3.05, 3.63) is 24.5 Å². The first-order valence-electron chi connectivity index (χ1n) is 10.9. The first kappa shape index (κ1) is 21.9. The summed E-state index contributed by atoms with van der Waals surface area (Å²) in [5.41, 5.74) is 8.98. The zero-order valence-corrected chi connectivity index (χ0v) is 17.9. The van der Waals surface area contributed by atoms with E-state index in [1.165, 1.54) is 0 Å². The number of hydrogen-bond acceptors (Lipinski definition) is 9. The van der Waals surface area contributed by atoms with Crippen LogP contribution in [-0.4, -0.2) is 62.2 Å². The summed E-state index contributed by atoms with van der Waals surface area (Å²) in [7, 11) is 0. The molecule has 0 unspecified atom stereocenters. The van der Waals surface area contributed by atoms with Crippen molar-refractivity contribution in [1.82, 2.24) is 30.2 Å². The fraction of sp³-hybridized carbons (Fsp3) is 0.476. The summed E-state index contributed by atoms with van der Waals surface area (Å²) in [5.74, 6) is 1.54. The van der Waals surface area contributed by atoms with E-state index in [9.17, 15) is 4.79 Å². The van der Waals surface area contributed by atoms with Gasteiger partial charge in [-0.05, 0) is 25.0 Å². The van der Waals surface area contributed by atoms with Crippen molar-refractivity contribution in [2.75, 3.05) is 36.9 Å². The van der Waals surface area contributed by atoms with Gasteiger partial charge in [-0.2, -0.15) is 5.10 Å². The molecule has 4 rings (SSSR count). The normalized spacial score (nSPS) is 14.1. The highest BCUT2D eigenvalue weighted by atomic mass is 16.5. The van der Waals surface area contributed by atoms with Crippen LogP contribution in [0.2, 0.25) is 0 Å². The summed E-state index contributed by atoms with van der Waals surface area (Å²) in [5, 5.41) is 14.1. The number of nitrogens with one attached hydrogen (secondary N) is 1. The smallest absolute Gasteiger partial charge is 0.243 e. The summed E-state index contributed by atoms with van der Waals surface area (Å²) in [6.07, 6.45) is 7.35. The van der Waals surface area contributed by atoms with Crippen molar-refractivity contribution in [3.63, 3.8) is 0 Å². The highest BCUT2D eigenvalue weighted by Crippen LogP contribution is 2.28. The minimum Gasteiger partial charge on any atom is -0.384 e. The van der Waals surface area contributed by atoms with Crippen molar-refractivity contribution in [2.24, 2.45) is 0 Å². The fourth-order valence-corrected chi connectivity index (χ4v) is 3.74. The minimum absolute atomic E-state index is 0.330. The summed E-state index contributed by atoms with van der Waals surface area (Å²) >= 11 is 0. The molecule has 4 N–H and O–H groups in total. The number of ether oxygens (including phenoxy) is 1. The molecule has 1 saturated heterocycles. The molecule has 1 aliphatic rings. The molecule has 11 nitrogen and oxygen atoms in total. The van der Waals surface area contributed by atoms with Crippen molar-refractivity contribution < 1.29 is 14.7 Å². The molecule has 170 valence electrons. The number of morpholine rings is 1. The van der Waals surface area contributed by atoms with E-state index in [0.717, 1.165) is 61.2 Å². The van der Waals surface area contributed by atoms with Crippen LogP contribution >= 0.6 is 0 Å². The van der Waals surface area contributed by atoms with E-state index in [-0.39, 0.29) is 5.91 Å². The van der Waals surface area contributed by atoms with Gasteiger partial charge in [-0.1, -0.05) is 12.8 Å². The van der Waals surface area contributed by atoms with Crippen molar-refractivity contribution in [3.8, 4) is 11.4 Å². The van der Waals surface area contributed by atoms with E-state index in [1.54, 1.807) is 17.7 Å². The number of anilines is 2. The number of fused-ring (bicyclic) bond motifs is 1. The van der Waals surface area contributed by atoms with E-state index in [0.29, 0.717) is 37.8 Å². The number of unbranched alkanes of at least 4 members (excludes halogenated alkanes) is 3. The number of hydrogen-bond donors (Lipinski definition) is 3. The maximum Gasteiger partial charge on any atom is 0.243 e. The molecular weight excluding hydrogens is 412 g/mol. The van der Waals surface area contributed by atoms with Gasteiger partial charge in [0.15, 0.2) is 11.5 Å². The molecule has 0 radical (unpaired) electrons. The molecule has 11 heteroatoms. The third kappa shape index (κ3) is 5.11. The van der Waals surface area contributed by atoms with Gasteiger partial charge in [-0.15, -0.1) is 0 Å². The molecule has 0 spiro atoms. The Balaban J connectivity index is 1.55. The van der Waals surface area contributed by atoms with Gasteiger partial charge >= 0.3 is 0 Å². The number of nitrogens with zero attached hydrogens (tertiary/aromatic N) is 6. The molecule has 0 saturated carbocycles. The van der Waals surface area contributed by atoms with E-state index >= 15 is 0 Å². The number of carbonyl (C=O) groups excluding carboxylic acids is 1. The van der Waals surface area contributed by atoms with E-state index < -0.39 is 0 Å². The molecule has 32 heavy (non-hydrogen) atoms. The van der Waals surface area contributed by atoms with Gasteiger partial charge in [-0.3, -0.25) is 10.0 Å². The zero-order chi connectivity index (χ0) is 22.3. The largest absolute Gasteiger partial charge is 0.384 e. The van der Waals surface area contributed by atoms with Crippen molar-refractivity contribution >= 4 is 28.6 Å². The Morgan fingerprint density at radius 1 is 1.12 bits per heavy atom. The average Bonchev–Trinajstić information content (AvgIpc) is 3.24. The number of rotatable bonds is 9. The van der Waals surface area contributed by atoms with E-state index in [4.69, 9.17) is 25.6 Å². The Labute approximate surface area is 185 Å². The second kappa shape index (κ2) is 10.3. The number of aromatic nitrogens is 5. The van der Waals surface area contributed by atoms with Crippen LogP contribution in [0.5, 0.6) is 0 Å². The van der Waals surface area contributed by atoms with Crippen LogP contribution < -0.4 is 16.1 Å². The standard InChI is InChI=1S/C21H28N8O3/c22-17-7-6-15(13-23-17)19-25-20(28-9-11-32-12-10-28)16-14-24-29(21(16)26-19)8-4-2-1-3-5-18(30)27-31/h6-7,13-14,31H,1-5,8-12H2,(H2,22,23)(H,27,30). The molecule has 3 aromatic rings. The summed E-state index contributed by atoms with van der Waals surface area (Å²) in [6.45, 7) is 3.56. The van der Waals surface area contributed by atoms with Gasteiger partial charge in [0.25, 0.3) is 0 Å². The molecule has 0 aliphatic carbocycles. The highest BCUT2D eigenvalue weighted by molar-refractivity contribution is 5.88. The van der Waals surface area contributed by atoms with E-state index in [2.05, 4.69) is 15.0 Å². The average molecular weight is 441 g/mol. The Kier molecular flexibility index (Phi) is 7.07. The van der Waals surface area contributed by atoms with Gasteiger partial charge in [0, 0.05) is 37.8 Å². The van der Waals surface area contributed by atoms with Crippen LogP contribution in [0.15, 0.2) is 24.5 Å². The lowest BCUT2D eigenvalue weighted by Gasteiger charge is -2.28. The summed E-state index contributed by atoms with van der Waals surface area (Å²) in [4.78, 5) is 27.1. The number of nitrogen functional groups attached to an aromatic ring is 1. The minimum atomic E-state index is -0.347. The van der Waals surface area contributed by atoms with Crippen molar-refractivity contribution in [2.45, 2.75) is 38.6 Å². The molecule has 1 aliphatic heterocycles. The van der Waals surface area contributed by atoms with Crippen molar-refractivity contribution in [1.29, 1.82) is 0 Å². The molecule has 0 bridgehead atoms. The van der Waals surface area contributed by atoms with Crippen LogP contribution in [-0.2, 0) is 16.1 Å². The third-order valence-electron chi connectivity index (χ3n) is 5.48. The number of amides is 1. The van der Waals surface area contributed by atoms with E-state index in [1.807, 2.05) is 16.9 Å². The topological polar surface area (TPSA) is 144 Å². The maximum absolute atomic E-state index is 11.1. The monoisotopic (exact) mass is 440 g/mol. The molecule has 1 amide bonds. The second-order valence-electron chi connectivity index (χ2n) is 7.75. The molecule has 0 atom stereocenters. The number of pyridine rings is 1. The quantitative estimate of drug-likeness (QED) is 0.257. The number of hydroxylamine groups is 1. The Hall–Kier alpha value is -3.31. The molecular formula is C21H28N8O3. The fourth-order valence-electron chi connectivity index (χ4n) is 3.74. The Morgan fingerprint density at radius 2 is 1.94 bits per heavy atom. The lowest BCUT2D eigenvalue weighted by Crippen LogP contribution is -2.37. The first-order chi connectivity index (χ1) is 15.7. The maximum atomic E-state index is 11.1. The van der Waals surface area contributed by atoms with Gasteiger partial charge in [0.05, 0.1) is 24.8 Å². The molecule has 1 fully saturated rings. The lowest BCUT2D eigenvalue weighted by atomic mass is 10.1. The third-order valence-corrected chi connectivity index (χ3v) is 5.48. The van der Waals surface area contributed by atoms with Crippen LogP contribution in [0.1, 0.15) is 32.1 Å². The Morgan fingerprint density at radius 3 is 2.69 bits per heavy atom. The number of aryl methyl sites for hydroxylation is 1. The lowest BCUT2D eigenvalue weighted by molar-refractivity contribution is -0.129. The Bertz CT molecular complexity index is 1050. The van der Waals surface area contributed by atoms with Crippen LogP contribution in [0.4, 0.5) is 11.6 Å². The van der Waals surface area contributed by atoms with Gasteiger partial charge in [0.2, 0.25) is 5.91 Å². The van der Waals surface area contributed by atoms with Gasteiger partial charge in [0.1, 0.15) is 11.6 Å². The summed E-state index contributed by atoms with van der Waals surface area (Å²) in [6, 6.07) is 3.61. The number of nitrogens with two attached hydrogens (primary N) is 1. The predicted octanol–water partition coefficient (Wildman–Crippen LogP) is 1.76. The zero-order valence-electron chi connectivity index (χ0n) is 17.9. The first-order valence-corrected chi connectivity index (χ1v) is 10.9. The van der Waals surface area contributed by atoms with Crippen LogP contribution in [0, 0.1) is 0 Å². The molecule has 0 aromatic carbocycles. The summed E-state index contributed by atoms with van der Waals surface area (Å²) < 4.78 is 7.42. The second-order valence-corrected chi connectivity index (χ2v) is 7.75. The molecule has 4 heterocycles. The highest BCUT2D eigenvalue weighted by Gasteiger charge is 2.20. The van der Waals surface area contributed by atoms with Crippen LogP contribution in [0.25, 0.3) is 22.4 Å². The predicted molar refractivity (Wildman–Crippen MR) is 119 cm³/mol. The number of carbonyl (C=O) groups is 1. The van der Waals surface area contributed by atoms with Gasteiger partial charge < -0.3 is 15.4 Å². The molecule has 3 aromatic heterocycles. The van der Waals surface area contributed by atoms with Gasteiger partial charge in [-0.25, -0.2) is 25.1 Å².